The summed E-state index contributed by atoms with van der Waals surface area (Å²) in [7, 11) is 0. The number of nitrogens with zero attached hydrogens (tertiary/aromatic N) is 2. The van der Waals surface area contributed by atoms with E-state index >= 15 is 0 Å². The van der Waals surface area contributed by atoms with Crippen LogP contribution in [0.4, 0.5) is 9.59 Å². The summed E-state index contributed by atoms with van der Waals surface area (Å²) in [6.07, 6.45) is -1.92. The second kappa shape index (κ2) is 5.32. The number of urea groups is 2. The fourth-order valence-corrected chi connectivity index (χ4v) is 2.22. The van der Waals surface area contributed by atoms with Crippen molar-refractivity contribution in [3.05, 3.63) is 0 Å². The van der Waals surface area contributed by atoms with Gasteiger partial charge in [-0.15, -0.1) is 0 Å². The molecule has 0 spiro atoms. The van der Waals surface area contributed by atoms with Gasteiger partial charge in [0, 0.05) is 12.5 Å². The summed E-state index contributed by atoms with van der Waals surface area (Å²) >= 11 is 0. The quantitative estimate of drug-likeness (QED) is 0.629. The van der Waals surface area contributed by atoms with Gasteiger partial charge in [0.15, 0.2) is 0 Å². The van der Waals surface area contributed by atoms with Crippen LogP contribution in [-0.4, -0.2) is 69.8 Å². The molecule has 2 heterocycles. The molecule has 2 aliphatic heterocycles. The minimum absolute atomic E-state index is 0.0597. The fraction of sp³-hybridized carbons (Fsp3) is 0.818. The summed E-state index contributed by atoms with van der Waals surface area (Å²) in [6, 6.07) is -1.04. The third-order valence-electron chi connectivity index (χ3n) is 3.40. The van der Waals surface area contributed by atoms with Crippen LogP contribution in [-0.2, 0) is 4.74 Å². The van der Waals surface area contributed by atoms with E-state index in [4.69, 9.17) is 9.84 Å². The molecule has 0 aliphatic carbocycles. The Morgan fingerprint density at radius 2 is 2.11 bits per heavy atom. The summed E-state index contributed by atoms with van der Waals surface area (Å²) in [5.41, 5.74) is 0. The number of carbonyl (C=O) groups excluding carboxylic acids is 2. The van der Waals surface area contributed by atoms with Crippen LogP contribution in [0, 0.1) is 0 Å². The van der Waals surface area contributed by atoms with Crippen molar-refractivity contribution in [3.8, 4) is 0 Å². The summed E-state index contributed by atoms with van der Waals surface area (Å²) in [5, 5.41) is 20.9. The zero-order valence-corrected chi connectivity index (χ0v) is 10.9. The Hall–Kier alpha value is -1.38. The van der Waals surface area contributed by atoms with E-state index in [0.717, 1.165) is 0 Å². The van der Waals surface area contributed by atoms with Gasteiger partial charge in [-0.2, -0.15) is 0 Å². The molecule has 108 valence electrons. The molecule has 8 nitrogen and oxygen atoms in total. The van der Waals surface area contributed by atoms with Gasteiger partial charge in [-0.1, -0.05) is 0 Å². The van der Waals surface area contributed by atoms with Gasteiger partial charge in [-0.3, -0.25) is 10.2 Å². The third-order valence-corrected chi connectivity index (χ3v) is 3.40. The van der Waals surface area contributed by atoms with Crippen molar-refractivity contribution in [3.63, 3.8) is 0 Å². The number of amides is 4. The highest BCUT2D eigenvalue weighted by Gasteiger charge is 2.42. The molecule has 8 heteroatoms. The highest BCUT2D eigenvalue weighted by molar-refractivity contribution is 5.95. The Bertz CT molecular complexity index is 375. The average Bonchev–Trinajstić information content (AvgIpc) is 2.69. The van der Waals surface area contributed by atoms with Gasteiger partial charge in [0.05, 0.1) is 12.7 Å². The van der Waals surface area contributed by atoms with Crippen LogP contribution in [0.25, 0.3) is 0 Å². The van der Waals surface area contributed by atoms with E-state index in [-0.39, 0.29) is 25.7 Å². The zero-order chi connectivity index (χ0) is 14.2. The lowest BCUT2D eigenvalue weighted by Crippen LogP contribution is -2.63. The normalized spacial score (nSPS) is 32.2. The first-order chi connectivity index (χ1) is 8.93. The monoisotopic (exact) mass is 273 g/mol. The van der Waals surface area contributed by atoms with Crippen molar-refractivity contribution in [2.75, 3.05) is 13.3 Å². The highest BCUT2D eigenvalue weighted by atomic mass is 16.5. The topological polar surface area (TPSA) is 102 Å². The molecule has 3 N–H and O–H groups in total. The smallest absolute Gasteiger partial charge is 0.328 e. The number of hydrogen-bond donors (Lipinski definition) is 3. The van der Waals surface area contributed by atoms with E-state index in [1.807, 2.05) is 13.8 Å². The largest absolute Gasteiger partial charge is 0.394 e. The van der Waals surface area contributed by atoms with Gasteiger partial charge < -0.3 is 19.8 Å². The zero-order valence-electron chi connectivity index (χ0n) is 10.9. The van der Waals surface area contributed by atoms with Crippen molar-refractivity contribution in [1.82, 2.24) is 15.1 Å². The molecule has 2 rings (SSSR count). The molecular weight excluding hydrogens is 254 g/mol. The Morgan fingerprint density at radius 3 is 2.63 bits per heavy atom. The average molecular weight is 273 g/mol. The van der Waals surface area contributed by atoms with E-state index < -0.39 is 30.5 Å². The Balaban J connectivity index is 2.07. The molecule has 0 aromatic heterocycles. The number of rotatable bonds is 3. The van der Waals surface area contributed by atoms with Crippen LogP contribution in [0.15, 0.2) is 0 Å². The van der Waals surface area contributed by atoms with E-state index in [9.17, 15) is 14.7 Å². The number of aliphatic hydroxyl groups is 2. The van der Waals surface area contributed by atoms with Gasteiger partial charge in [0.2, 0.25) is 0 Å². The predicted octanol–water partition coefficient (Wildman–Crippen LogP) is -0.732. The van der Waals surface area contributed by atoms with Crippen molar-refractivity contribution in [2.45, 2.75) is 44.7 Å². The van der Waals surface area contributed by atoms with Crippen LogP contribution in [0.3, 0.4) is 0 Å². The standard InChI is InChI=1S/C11H19N3O5/c1-6(2)13-5-14(11(18)12-10(13)17)9-3-7(16)8(4-15)19-9/h6-9,15-16H,3-5H2,1-2H3,(H,12,17,18)/t7-,8+,9+/m0/s1. The second-order valence-electron chi connectivity index (χ2n) is 5.02. The van der Waals surface area contributed by atoms with Crippen LogP contribution in [0.2, 0.25) is 0 Å². The molecule has 2 aliphatic rings. The molecule has 0 unspecified atom stereocenters. The molecule has 19 heavy (non-hydrogen) atoms. The van der Waals surface area contributed by atoms with Crippen molar-refractivity contribution in [2.24, 2.45) is 0 Å². The van der Waals surface area contributed by atoms with E-state index in [1.165, 1.54) is 9.80 Å². The van der Waals surface area contributed by atoms with Crippen LogP contribution < -0.4 is 5.32 Å². The minimum Gasteiger partial charge on any atom is -0.394 e. The van der Waals surface area contributed by atoms with E-state index in [1.54, 1.807) is 0 Å². The number of imide groups is 1. The lowest BCUT2D eigenvalue weighted by atomic mass is 10.2. The van der Waals surface area contributed by atoms with Gasteiger partial charge in [-0.25, -0.2) is 9.59 Å². The number of hydrogen-bond acceptors (Lipinski definition) is 5. The number of nitrogens with one attached hydrogen (secondary N) is 1. The molecule has 0 radical (unpaired) electrons. The molecule has 3 atom stereocenters. The summed E-state index contributed by atoms with van der Waals surface area (Å²) < 4.78 is 5.42. The van der Waals surface area contributed by atoms with Crippen LogP contribution >= 0.6 is 0 Å². The third kappa shape index (κ3) is 2.65. The fourth-order valence-electron chi connectivity index (χ4n) is 2.22. The first-order valence-corrected chi connectivity index (χ1v) is 6.26. The molecule has 2 saturated heterocycles. The molecule has 2 fully saturated rings. The minimum atomic E-state index is -0.812. The molecule has 0 bridgehead atoms. The summed E-state index contributed by atoms with van der Waals surface area (Å²) in [5.74, 6) is 0. The Morgan fingerprint density at radius 1 is 1.42 bits per heavy atom. The first-order valence-electron chi connectivity index (χ1n) is 6.26. The van der Waals surface area contributed by atoms with Gasteiger partial charge >= 0.3 is 12.1 Å². The number of ether oxygens (including phenoxy) is 1. The van der Waals surface area contributed by atoms with Crippen molar-refractivity contribution >= 4 is 12.1 Å². The van der Waals surface area contributed by atoms with Gasteiger partial charge in [0.25, 0.3) is 0 Å². The van der Waals surface area contributed by atoms with E-state index in [2.05, 4.69) is 5.32 Å². The number of carbonyl (C=O) groups is 2. The first kappa shape index (κ1) is 14.0. The van der Waals surface area contributed by atoms with Gasteiger partial charge in [-0.05, 0) is 13.8 Å². The predicted molar refractivity (Wildman–Crippen MR) is 64.0 cm³/mol. The molecule has 4 amide bonds. The maximum absolute atomic E-state index is 11.8. The van der Waals surface area contributed by atoms with Crippen LogP contribution in [0.1, 0.15) is 20.3 Å². The lowest BCUT2D eigenvalue weighted by Gasteiger charge is -2.39. The lowest BCUT2D eigenvalue weighted by molar-refractivity contribution is -0.0767. The van der Waals surface area contributed by atoms with Crippen LogP contribution in [0.5, 0.6) is 0 Å². The molecule has 0 aromatic carbocycles. The maximum Gasteiger partial charge on any atom is 0.328 e. The van der Waals surface area contributed by atoms with Crippen molar-refractivity contribution in [1.29, 1.82) is 0 Å². The maximum atomic E-state index is 11.8. The molecular formula is C11H19N3O5. The second-order valence-corrected chi connectivity index (χ2v) is 5.02. The van der Waals surface area contributed by atoms with Gasteiger partial charge in [0.1, 0.15) is 19.0 Å². The summed E-state index contributed by atoms with van der Waals surface area (Å²) in [4.78, 5) is 26.3. The molecule has 0 saturated carbocycles. The highest BCUT2D eigenvalue weighted by Crippen LogP contribution is 2.25. The SMILES string of the molecule is CC(C)N1CN([C@H]2C[C@H](O)[C@@H](CO)O2)C(=O)NC1=O. The van der Waals surface area contributed by atoms with Crippen molar-refractivity contribution < 1.29 is 24.5 Å². The number of aliphatic hydroxyl groups excluding tert-OH is 2. The Labute approximate surface area is 110 Å². The summed E-state index contributed by atoms with van der Waals surface area (Å²) in [6.45, 7) is 3.49. The van der Waals surface area contributed by atoms with E-state index in [0.29, 0.717) is 0 Å². The Kier molecular flexibility index (Phi) is 3.93. The molecule has 0 aromatic rings.